The van der Waals surface area contributed by atoms with Crippen molar-refractivity contribution in [3.8, 4) is 0 Å². The highest BCUT2D eigenvalue weighted by Crippen LogP contribution is 2.49. The molecule has 4 nitrogen and oxygen atoms in total. The van der Waals surface area contributed by atoms with Gasteiger partial charge in [-0.05, 0) is 59.3 Å². The number of allylic oxidation sites excluding steroid dienone is 3. The third-order valence-corrected chi connectivity index (χ3v) is 5.34. The van der Waals surface area contributed by atoms with Gasteiger partial charge < -0.3 is 9.47 Å². The first kappa shape index (κ1) is 18.9. The summed E-state index contributed by atoms with van der Waals surface area (Å²) in [6, 6.07) is 0. The summed E-state index contributed by atoms with van der Waals surface area (Å²) in [4.78, 5) is 24.4. The summed E-state index contributed by atoms with van der Waals surface area (Å²) in [6.45, 7) is 10.1. The van der Waals surface area contributed by atoms with E-state index in [1.54, 1.807) is 19.9 Å². The summed E-state index contributed by atoms with van der Waals surface area (Å²) >= 11 is 0. The van der Waals surface area contributed by atoms with Gasteiger partial charge in [0.15, 0.2) is 5.78 Å². The molecule has 2 rings (SSSR count). The molecule has 0 aromatic heterocycles. The minimum atomic E-state index is -0.545. The molecular formula is C20H30O4. The molecule has 134 valence electrons. The standard InChI is InChI=1S/C20H30O4/c1-6-14(4)19(22)23-12-20-11-10-16(17(21)18(20)24-20)15(5)9-7-8-13(2)3/h6,8,15-16,18H,7,9-12H2,1-5H3/b14-6-/t15-,16+,18-,20-/m1/s1. The third kappa shape index (κ3) is 4.15. The Morgan fingerprint density at radius 2 is 2.12 bits per heavy atom. The number of Topliss-reactive ketones (excluding diaryl/α,β-unsaturated/α-hetero) is 1. The average Bonchev–Trinajstić information content (AvgIpc) is 3.27. The van der Waals surface area contributed by atoms with E-state index in [1.807, 2.05) is 0 Å². The predicted molar refractivity (Wildman–Crippen MR) is 93.6 cm³/mol. The van der Waals surface area contributed by atoms with Gasteiger partial charge in [0.05, 0.1) is 0 Å². The SMILES string of the molecule is C/C=C(/C)C(=O)OC[C@]12CC[C@@H]([C@H](C)CCC=C(C)C)C(=O)[C@H]1O2. The van der Waals surface area contributed by atoms with Gasteiger partial charge in [0.2, 0.25) is 0 Å². The second kappa shape index (κ2) is 7.64. The molecule has 4 atom stereocenters. The highest BCUT2D eigenvalue weighted by Gasteiger charge is 2.65. The van der Waals surface area contributed by atoms with Gasteiger partial charge in [-0.3, -0.25) is 4.79 Å². The highest BCUT2D eigenvalue weighted by atomic mass is 16.6. The molecule has 24 heavy (non-hydrogen) atoms. The van der Waals surface area contributed by atoms with Gasteiger partial charge in [0.25, 0.3) is 0 Å². The lowest BCUT2D eigenvalue weighted by atomic mass is 9.74. The molecule has 1 heterocycles. The number of fused-ring (bicyclic) bond motifs is 1. The van der Waals surface area contributed by atoms with E-state index in [-0.39, 0.29) is 30.4 Å². The van der Waals surface area contributed by atoms with Crippen LogP contribution in [0.3, 0.4) is 0 Å². The molecule has 0 spiro atoms. The molecular weight excluding hydrogens is 304 g/mol. The zero-order chi connectivity index (χ0) is 17.9. The van der Waals surface area contributed by atoms with E-state index >= 15 is 0 Å². The Morgan fingerprint density at radius 3 is 2.75 bits per heavy atom. The molecule has 2 aliphatic rings. The van der Waals surface area contributed by atoms with Crippen molar-refractivity contribution in [3.63, 3.8) is 0 Å². The first-order valence-electron chi connectivity index (χ1n) is 8.95. The minimum Gasteiger partial charge on any atom is -0.459 e. The average molecular weight is 334 g/mol. The van der Waals surface area contributed by atoms with Crippen molar-refractivity contribution in [1.82, 2.24) is 0 Å². The summed E-state index contributed by atoms with van der Waals surface area (Å²) in [5.41, 5.74) is 1.35. The van der Waals surface area contributed by atoms with E-state index in [2.05, 4.69) is 26.8 Å². The highest BCUT2D eigenvalue weighted by molar-refractivity contribution is 5.91. The lowest BCUT2D eigenvalue weighted by Gasteiger charge is -2.27. The molecule has 1 aliphatic heterocycles. The number of carbonyl (C=O) groups is 2. The van der Waals surface area contributed by atoms with E-state index in [0.717, 1.165) is 25.7 Å². The predicted octanol–water partition coefficient (Wildman–Crippen LogP) is 4.00. The second-order valence-corrected chi connectivity index (χ2v) is 7.49. The van der Waals surface area contributed by atoms with Crippen molar-refractivity contribution < 1.29 is 19.1 Å². The first-order valence-corrected chi connectivity index (χ1v) is 8.95. The van der Waals surface area contributed by atoms with Gasteiger partial charge in [0.1, 0.15) is 18.3 Å². The Hall–Kier alpha value is -1.42. The molecule has 0 amide bonds. The molecule has 0 unspecified atom stereocenters. The van der Waals surface area contributed by atoms with Gasteiger partial charge in [-0.25, -0.2) is 4.79 Å². The second-order valence-electron chi connectivity index (χ2n) is 7.49. The summed E-state index contributed by atoms with van der Waals surface area (Å²) in [7, 11) is 0. The van der Waals surface area contributed by atoms with E-state index < -0.39 is 5.60 Å². The van der Waals surface area contributed by atoms with Crippen molar-refractivity contribution in [3.05, 3.63) is 23.3 Å². The Morgan fingerprint density at radius 1 is 1.42 bits per heavy atom. The van der Waals surface area contributed by atoms with Crippen LogP contribution in [0.25, 0.3) is 0 Å². The molecule has 0 aromatic carbocycles. The summed E-state index contributed by atoms with van der Waals surface area (Å²) < 4.78 is 11.0. The maximum absolute atomic E-state index is 12.7. The van der Waals surface area contributed by atoms with Gasteiger partial charge in [0, 0.05) is 11.5 Å². The Balaban J connectivity index is 1.86. The van der Waals surface area contributed by atoms with Crippen LogP contribution in [0.5, 0.6) is 0 Å². The van der Waals surface area contributed by atoms with Crippen LogP contribution in [0.2, 0.25) is 0 Å². The van der Waals surface area contributed by atoms with Crippen LogP contribution < -0.4 is 0 Å². The van der Waals surface area contributed by atoms with E-state index in [1.165, 1.54) is 5.57 Å². The van der Waals surface area contributed by atoms with Crippen molar-refractivity contribution in [1.29, 1.82) is 0 Å². The number of hydrogen-bond acceptors (Lipinski definition) is 4. The molecule has 0 radical (unpaired) electrons. The lowest BCUT2D eigenvalue weighted by molar-refractivity contribution is -0.141. The molecule has 0 N–H and O–H groups in total. The van der Waals surface area contributed by atoms with Crippen molar-refractivity contribution in [2.45, 2.75) is 72.0 Å². The monoisotopic (exact) mass is 334 g/mol. The third-order valence-electron chi connectivity index (χ3n) is 5.34. The normalized spacial score (nSPS) is 30.4. The number of ether oxygens (including phenoxy) is 2. The number of epoxide rings is 1. The molecule has 4 heteroatoms. The molecule has 1 aliphatic carbocycles. The fourth-order valence-corrected chi connectivity index (χ4v) is 3.45. The van der Waals surface area contributed by atoms with Crippen LogP contribution in [0.15, 0.2) is 23.3 Å². The first-order chi connectivity index (χ1) is 11.3. The Labute approximate surface area is 145 Å². The summed E-state index contributed by atoms with van der Waals surface area (Å²) in [6.07, 6.45) is 7.24. The maximum Gasteiger partial charge on any atom is 0.333 e. The number of rotatable bonds is 7. The van der Waals surface area contributed by atoms with Crippen molar-refractivity contribution in [2.75, 3.05) is 6.61 Å². The quantitative estimate of drug-likeness (QED) is 0.306. The topological polar surface area (TPSA) is 55.9 Å². The van der Waals surface area contributed by atoms with Gasteiger partial charge in [-0.2, -0.15) is 0 Å². The molecule has 1 saturated carbocycles. The molecule has 1 saturated heterocycles. The largest absolute Gasteiger partial charge is 0.459 e. The van der Waals surface area contributed by atoms with Gasteiger partial charge >= 0.3 is 5.97 Å². The zero-order valence-corrected chi connectivity index (χ0v) is 15.6. The Bertz CT molecular complexity index is 556. The molecule has 0 aromatic rings. The van der Waals surface area contributed by atoms with Gasteiger partial charge in [-0.1, -0.05) is 24.6 Å². The summed E-state index contributed by atoms with van der Waals surface area (Å²) in [5.74, 6) is 0.308. The maximum atomic E-state index is 12.7. The number of hydrogen-bond donors (Lipinski definition) is 0. The van der Waals surface area contributed by atoms with Gasteiger partial charge in [-0.15, -0.1) is 0 Å². The van der Waals surface area contributed by atoms with Crippen LogP contribution in [0.1, 0.15) is 60.3 Å². The Kier molecular flexibility index (Phi) is 6.02. The number of carbonyl (C=O) groups excluding carboxylic acids is 2. The molecule has 2 fully saturated rings. The number of ketones is 1. The minimum absolute atomic E-state index is 0.0733. The van der Waals surface area contributed by atoms with E-state index in [0.29, 0.717) is 11.5 Å². The lowest BCUT2D eigenvalue weighted by Crippen LogP contribution is -2.39. The van der Waals surface area contributed by atoms with E-state index in [9.17, 15) is 9.59 Å². The zero-order valence-electron chi connectivity index (χ0n) is 15.6. The van der Waals surface area contributed by atoms with Crippen LogP contribution >= 0.6 is 0 Å². The fraction of sp³-hybridized carbons (Fsp3) is 0.700. The summed E-state index contributed by atoms with van der Waals surface area (Å²) in [5, 5.41) is 0. The van der Waals surface area contributed by atoms with Crippen LogP contribution in [-0.2, 0) is 19.1 Å². The van der Waals surface area contributed by atoms with Crippen molar-refractivity contribution in [2.24, 2.45) is 11.8 Å². The number of esters is 1. The molecule has 0 bridgehead atoms. The smallest absolute Gasteiger partial charge is 0.333 e. The van der Waals surface area contributed by atoms with Crippen LogP contribution in [0, 0.1) is 11.8 Å². The van der Waals surface area contributed by atoms with Crippen molar-refractivity contribution >= 4 is 11.8 Å². The van der Waals surface area contributed by atoms with Crippen LogP contribution in [0.4, 0.5) is 0 Å². The fourth-order valence-electron chi connectivity index (χ4n) is 3.45. The van der Waals surface area contributed by atoms with Crippen LogP contribution in [-0.4, -0.2) is 30.1 Å². The van der Waals surface area contributed by atoms with E-state index in [4.69, 9.17) is 9.47 Å².